The summed E-state index contributed by atoms with van der Waals surface area (Å²) in [5.74, 6) is -0.139. The Hall–Kier alpha value is -3.89. The van der Waals surface area contributed by atoms with Crippen molar-refractivity contribution in [1.29, 1.82) is 0 Å². The Kier molecular flexibility index (Phi) is 6.92. The number of pyridine rings is 1. The van der Waals surface area contributed by atoms with E-state index < -0.39 is 0 Å². The summed E-state index contributed by atoms with van der Waals surface area (Å²) in [7, 11) is 0. The third-order valence-electron chi connectivity index (χ3n) is 6.27. The van der Waals surface area contributed by atoms with Crippen molar-refractivity contribution in [3.05, 3.63) is 137 Å². The highest BCUT2D eigenvalue weighted by atomic mass is 35.5. The first kappa shape index (κ1) is 22.9. The molecule has 0 fully saturated rings. The molecule has 35 heavy (non-hydrogen) atoms. The molecule has 2 aromatic heterocycles. The molecule has 0 aliphatic carbocycles. The van der Waals surface area contributed by atoms with Crippen molar-refractivity contribution < 1.29 is 4.79 Å². The highest BCUT2D eigenvalue weighted by Gasteiger charge is 2.23. The van der Waals surface area contributed by atoms with E-state index in [9.17, 15) is 4.79 Å². The standard InChI is InChI=1S/C30H26ClN3O/c31-25-10-6-9-24(17-25)27(18-30(35)33-19-22-13-15-32-16-14-22)28-21-34(20-23-7-2-1-3-8-23)29-12-5-4-11-26(28)29/h1-17,21,27H,18-20H2,(H,33,35). The van der Waals surface area contributed by atoms with E-state index in [2.05, 4.69) is 75.7 Å². The van der Waals surface area contributed by atoms with Gasteiger partial charge in [0.25, 0.3) is 0 Å². The van der Waals surface area contributed by atoms with E-state index in [0.29, 0.717) is 18.0 Å². The van der Waals surface area contributed by atoms with E-state index in [0.717, 1.165) is 34.1 Å². The Morgan fingerprint density at radius 3 is 2.46 bits per heavy atom. The lowest BCUT2D eigenvalue weighted by atomic mass is 9.88. The van der Waals surface area contributed by atoms with Crippen LogP contribution >= 0.6 is 11.6 Å². The third-order valence-corrected chi connectivity index (χ3v) is 6.51. The molecular formula is C30H26ClN3O. The number of benzene rings is 3. The van der Waals surface area contributed by atoms with Gasteiger partial charge in [0.2, 0.25) is 5.91 Å². The highest BCUT2D eigenvalue weighted by molar-refractivity contribution is 6.30. The molecule has 174 valence electrons. The maximum Gasteiger partial charge on any atom is 0.221 e. The van der Waals surface area contributed by atoms with Crippen LogP contribution in [0.25, 0.3) is 10.9 Å². The molecule has 0 bridgehead atoms. The zero-order valence-corrected chi connectivity index (χ0v) is 20.0. The number of nitrogens with one attached hydrogen (secondary N) is 1. The van der Waals surface area contributed by atoms with Crippen molar-refractivity contribution in [2.75, 3.05) is 0 Å². The van der Waals surface area contributed by atoms with Crippen LogP contribution in [0.4, 0.5) is 0 Å². The molecule has 0 radical (unpaired) electrons. The summed E-state index contributed by atoms with van der Waals surface area (Å²) in [6, 6.07) is 30.5. The maximum atomic E-state index is 13.1. The van der Waals surface area contributed by atoms with Crippen LogP contribution in [0, 0.1) is 0 Å². The largest absolute Gasteiger partial charge is 0.352 e. The van der Waals surface area contributed by atoms with Crippen LogP contribution in [0.1, 0.15) is 34.6 Å². The molecule has 1 amide bonds. The quantitative estimate of drug-likeness (QED) is 0.273. The second kappa shape index (κ2) is 10.6. The van der Waals surface area contributed by atoms with Crippen LogP contribution in [0.2, 0.25) is 5.02 Å². The van der Waals surface area contributed by atoms with Gasteiger partial charge in [0.05, 0.1) is 0 Å². The van der Waals surface area contributed by atoms with Gasteiger partial charge in [-0.1, -0.05) is 72.3 Å². The first-order chi connectivity index (χ1) is 17.2. The van der Waals surface area contributed by atoms with Crippen molar-refractivity contribution in [3.63, 3.8) is 0 Å². The van der Waals surface area contributed by atoms with Crippen molar-refractivity contribution in [2.24, 2.45) is 0 Å². The number of rotatable bonds is 8. The molecule has 1 N–H and O–H groups in total. The Bertz CT molecular complexity index is 1430. The fourth-order valence-electron chi connectivity index (χ4n) is 4.55. The van der Waals surface area contributed by atoms with E-state index in [1.165, 1.54) is 5.56 Å². The van der Waals surface area contributed by atoms with Gasteiger partial charge < -0.3 is 9.88 Å². The van der Waals surface area contributed by atoms with Gasteiger partial charge in [-0.2, -0.15) is 0 Å². The molecule has 0 aliphatic rings. The lowest BCUT2D eigenvalue weighted by Gasteiger charge is -2.18. The highest BCUT2D eigenvalue weighted by Crippen LogP contribution is 2.36. The second-order valence-corrected chi connectivity index (χ2v) is 9.10. The number of hydrogen-bond acceptors (Lipinski definition) is 2. The third kappa shape index (κ3) is 5.44. The fourth-order valence-corrected chi connectivity index (χ4v) is 4.75. The molecule has 3 aromatic carbocycles. The van der Waals surface area contributed by atoms with Crippen molar-refractivity contribution in [3.8, 4) is 0 Å². The van der Waals surface area contributed by atoms with E-state index in [1.54, 1.807) is 12.4 Å². The fraction of sp³-hybridized carbons (Fsp3) is 0.133. The zero-order valence-electron chi connectivity index (χ0n) is 19.3. The smallest absolute Gasteiger partial charge is 0.221 e. The summed E-state index contributed by atoms with van der Waals surface area (Å²) < 4.78 is 2.27. The Morgan fingerprint density at radius 1 is 0.886 bits per heavy atom. The number of halogens is 1. The first-order valence-electron chi connectivity index (χ1n) is 11.7. The summed E-state index contributed by atoms with van der Waals surface area (Å²) in [4.78, 5) is 17.2. The lowest BCUT2D eigenvalue weighted by molar-refractivity contribution is -0.121. The molecule has 0 saturated heterocycles. The average molecular weight is 480 g/mol. The van der Waals surface area contributed by atoms with Gasteiger partial charge >= 0.3 is 0 Å². The molecular weight excluding hydrogens is 454 g/mol. The van der Waals surface area contributed by atoms with Gasteiger partial charge in [-0.25, -0.2) is 0 Å². The summed E-state index contributed by atoms with van der Waals surface area (Å²) in [5, 5.41) is 4.88. The predicted molar refractivity (Wildman–Crippen MR) is 141 cm³/mol. The van der Waals surface area contributed by atoms with Crippen LogP contribution in [0.3, 0.4) is 0 Å². The van der Waals surface area contributed by atoms with E-state index in [1.807, 2.05) is 36.4 Å². The summed E-state index contributed by atoms with van der Waals surface area (Å²) >= 11 is 6.37. The summed E-state index contributed by atoms with van der Waals surface area (Å²) in [6.45, 7) is 1.23. The lowest BCUT2D eigenvalue weighted by Crippen LogP contribution is -2.25. The number of carbonyl (C=O) groups excluding carboxylic acids is 1. The molecule has 1 atom stereocenters. The maximum absolute atomic E-state index is 13.1. The van der Waals surface area contributed by atoms with Crippen LogP contribution in [0.15, 0.2) is 110 Å². The first-order valence-corrected chi connectivity index (χ1v) is 12.1. The zero-order chi connectivity index (χ0) is 24.0. The topological polar surface area (TPSA) is 46.9 Å². The number of amides is 1. The van der Waals surface area contributed by atoms with E-state index in [4.69, 9.17) is 11.6 Å². The molecule has 5 aromatic rings. The predicted octanol–water partition coefficient (Wildman–Crippen LogP) is 6.58. The minimum Gasteiger partial charge on any atom is -0.352 e. The molecule has 1 unspecified atom stereocenters. The Balaban J connectivity index is 1.50. The van der Waals surface area contributed by atoms with E-state index in [-0.39, 0.29) is 11.8 Å². The second-order valence-electron chi connectivity index (χ2n) is 8.66. The molecule has 5 heteroatoms. The van der Waals surface area contributed by atoms with Gasteiger partial charge in [-0.15, -0.1) is 0 Å². The average Bonchev–Trinajstić information content (AvgIpc) is 3.25. The Morgan fingerprint density at radius 2 is 1.66 bits per heavy atom. The monoisotopic (exact) mass is 479 g/mol. The number of aromatic nitrogens is 2. The van der Waals surface area contributed by atoms with Crippen LogP contribution < -0.4 is 5.32 Å². The minimum atomic E-state index is -0.131. The van der Waals surface area contributed by atoms with Gasteiger partial charge in [0, 0.05) is 59.9 Å². The summed E-state index contributed by atoms with van der Waals surface area (Å²) in [6.07, 6.45) is 5.99. The number of fused-ring (bicyclic) bond motifs is 1. The normalized spacial score (nSPS) is 11.9. The molecule has 0 spiro atoms. The van der Waals surface area contributed by atoms with Crippen LogP contribution in [-0.2, 0) is 17.9 Å². The molecule has 4 nitrogen and oxygen atoms in total. The molecule has 2 heterocycles. The Labute approximate surface area is 210 Å². The van der Waals surface area contributed by atoms with Crippen LogP contribution in [-0.4, -0.2) is 15.5 Å². The number of hydrogen-bond donors (Lipinski definition) is 1. The van der Waals surface area contributed by atoms with Gasteiger partial charge in [-0.3, -0.25) is 9.78 Å². The summed E-state index contributed by atoms with van der Waals surface area (Å²) in [5.41, 5.74) is 5.55. The number of carbonyl (C=O) groups is 1. The number of nitrogens with zero attached hydrogens (tertiary/aromatic N) is 2. The SMILES string of the molecule is O=C(CC(c1cccc(Cl)c1)c1cn(Cc2ccccc2)c2ccccc12)NCc1ccncc1. The number of para-hydroxylation sites is 1. The minimum absolute atomic E-state index is 0.00771. The van der Waals surface area contributed by atoms with Crippen molar-refractivity contribution >= 4 is 28.4 Å². The van der Waals surface area contributed by atoms with Crippen LogP contribution in [0.5, 0.6) is 0 Å². The van der Waals surface area contributed by atoms with E-state index >= 15 is 0 Å². The van der Waals surface area contributed by atoms with Crippen molar-refractivity contribution in [1.82, 2.24) is 14.9 Å². The van der Waals surface area contributed by atoms with Gasteiger partial charge in [0.15, 0.2) is 0 Å². The van der Waals surface area contributed by atoms with Crippen molar-refractivity contribution in [2.45, 2.75) is 25.4 Å². The molecule has 0 saturated carbocycles. The molecule has 0 aliphatic heterocycles. The molecule has 5 rings (SSSR count). The van der Waals surface area contributed by atoms with Gasteiger partial charge in [0.1, 0.15) is 0 Å². The van der Waals surface area contributed by atoms with Gasteiger partial charge in [-0.05, 0) is 52.6 Å².